The van der Waals surface area contributed by atoms with Crippen LogP contribution in [0.5, 0.6) is 0 Å². The Kier molecular flexibility index (Phi) is 6.95. The Morgan fingerprint density at radius 3 is 2.59 bits per heavy atom. The van der Waals surface area contributed by atoms with Crippen LogP contribution in [0.3, 0.4) is 0 Å². The Hall–Kier alpha value is -1.93. The van der Waals surface area contributed by atoms with Gasteiger partial charge in [-0.05, 0) is 43.0 Å². The smallest absolute Gasteiger partial charge is 0.253 e. The zero-order valence-electron chi connectivity index (χ0n) is 16.1. The SMILES string of the molecule is Cl.O=C(c1cccc(S(=O)(=O)NCc2ccccc2)c1)N1CCC2CCC(C1)N2. The van der Waals surface area contributed by atoms with E-state index in [1.54, 1.807) is 12.1 Å². The molecule has 2 unspecified atom stereocenters. The van der Waals surface area contributed by atoms with Crippen LogP contribution in [0.1, 0.15) is 35.2 Å². The van der Waals surface area contributed by atoms with Crippen LogP contribution in [0.2, 0.25) is 0 Å². The van der Waals surface area contributed by atoms with Gasteiger partial charge in [-0.15, -0.1) is 12.4 Å². The van der Waals surface area contributed by atoms with E-state index in [0.29, 0.717) is 30.7 Å². The predicted octanol–water partition coefficient (Wildman–Crippen LogP) is 2.55. The first kappa shape index (κ1) is 21.8. The van der Waals surface area contributed by atoms with Crippen molar-refractivity contribution >= 4 is 28.3 Å². The van der Waals surface area contributed by atoms with Gasteiger partial charge in [0.2, 0.25) is 10.0 Å². The van der Waals surface area contributed by atoms with Gasteiger partial charge in [0.15, 0.2) is 0 Å². The van der Waals surface area contributed by atoms with E-state index >= 15 is 0 Å². The molecule has 4 rings (SSSR count). The first-order chi connectivity index (χ1) is 13.5. The van der Waals surface area contributed by atoms with Crippen LogP contribution in [0.15, 0.2) is 59.5 Å². The maximum absolute atomic E-state index is 13.0. The van der Waals surface area contributed by atoms with Gasteiger partial charge in [-0.25, -0.2) is 13.1 Å². The van der Waals surface area contributed by atoms with Gasteiger partial charge >= 0.3 is 0 Å². The van der Waals surface area contributed by atoms with E-state index in [-0.39, 0.29) is 29.8 Å². The summed E-state index contributed by atoms with van der Waals surface area (Å²) in [4.78, 5) is 14.9. The summed E-state index contributed by atoms with van der Waals surface area (Å²) in [6, 6.07) is 16.5. The molecule has 2 N–H and O–H groups in total. The molecule has 2 saturated heterocycles. The van der Waals surface area contributed by atoms with E-state index in [9.17, 15) is 13.2 Å². The molecule has 29 heavy (non-hydrogen) atoms. The zero-order valence-corrected chi connectivity index (χ0v) is 17.7. The van der Waals surface area contributed by atoms with Crippen molar-refractivity contribution < 1.29 is 13.2 Å². The minimum absolute atomic E-state index is 0. The van der Waals surface area contributed by atoms with E-state index < -0.39 is 10.0 Å². The van der Waals surface area contributed by atoms with Crippen LogP contribution in [-0.4, -0.2) is 44.4 Å². The Morgan fingerprint density at radius 1 is 1.03 bits per heavy atom. The summed E-state index contributed by atoms with van der Waals surface area (Å²) >= 11 is 0. The Morgan fingerprint density at radius 2 is 1.79 bits per heavy atom. The predicted molar refractivity (Wildman–Crippen MR) is 115 cm³/mol. The van der Waals surface area contributed by atoms with Crippen molar-refractivity contribution in [3.05, 3.63) is 65.7 Å². The second-order valence-corrected chi connectivity index (χ2v) is 9.28. The van der Waals surface area contributed by atoms with E-state index in [2.05, 4.69) is 10.0 Å². The maximum atomic E-state index is 13.0. The molecule has 8 heteroatoms. The molecule has 0 aliphatic carbocycles. The number of nitrogens with zero attached hydrogens (tertiary/aromatic N) is 1. The highest BCUT2D eigenvalue weighted by Gasteiger charge is 2.31. The van der Waals surface area contributed by atoms with E-state index in [1.807, 2.05) is 35.2 Å². The fourth-order valence-corrected chi connectivity index (χ4v) is 5.03. The fourth-order valence-electron chi connectivity index (χ4n) is 3.96. The number of likely N-dealkylation sites (tertiary alicyclic amines) is 1. The van der Waals surface area contributed by atoms with E-state index in [1.165, 1.54) is 18.6 Å². The molecule has 2 aromatic rings. The van der Waals surface area contributed by atoms with Gasteiger partial charge in [0.1, 0.15) is 0 Å². The molecular weight excluding hydrogens is 410 g/mol. The maximum Gasteiger partial charge on any atom is 0.253 e. The fraction of sp³-hybridized carbons (Fsp3) is 0.381. The summed E-state index contributed by atoms with van der Waals surface area (Å²) in [5.74, 6) is -0.102. The Balaban J connectivity index is 0.00000240. The molecule has 2 aliphatic heterocycles. The third-order valence-electron chi connectivity index (χ3n) is 5.51. The minimum atomic E-state index is -3.69. The van der Waals surface area contributed by atoms with Crippen LogP contribution in [-0.2, 0) is 16.6 Å². The standard InChI is InChI=1S/C21H25N3O3S.ClH/c25-21(24-12-11-18-9-10-19(15-24)23-18)17-7-4-8-20(13-17)28(26,27)22-14-16-5-2-1-3-6-16;/h1-8,13,18-19,22-23H,9-12,14-15H2;1H. The number of carbonyl (C=O) groups is 1. The lowest BCUT2D eigenvalue weighted by Gasteiger charge is -2.24. The quantitative estimate of drug-likeness (QED) is 0.756. The number of fused-ring (bicyclic) bond motifs is 2. The van der Waals surface area contributed by atoms with Crippen molar-refractivity contribution in [1.29, 1.82) is 0 Å². The third-order valence-corrected chi connectivity index (χ3v) is 6.91. The lowest BCUT2D eigenvalue weighted by atomic mass is 10.1. The lowest BCUT2D eigenvalue weighted by Crippen LogP contribution is -2.39. The molecule has 156 valence electrons. The highest BCUT2D eigenvalue weighted by atomic mass is 35.5. The number of carbonyl (C=O) groups excluding carboxylic acids is 1. The molecule has 2 heterocycles. The minimum Gasteiger partial charge on any atom is -0.337 e. The Bertz CT molecular complexity index is 953. The van der Waals surface area contributed by atoms with Crippen LogP contribution in [0.25, 0.3) is 0 Å². The van der Waals surface area contributed by atoms with Crippen molar-refractivity contribution in [3.8, 4) is 0 Å². The summed E-state index contributed by atoms with van der Waals surface area (Å²) < 4.78 is 27.9. The first-order valence-electron chi connectivity index (χ1n) is 9.70. The number of rotatable bonds is 5. The molecule has 0 radical (unpaired) electrons. The molecule has 2 bridgehead atoms. The summed E-state index contributed by atoms with van der Waals surface area (Å²) in [5.41, 5.74) is 1.30. The van der Waals surface area contributed by atoms with Crippen molar-refractivity contribution in [3.63, 3.8) is 0 Å². The van der Waals surface area contributed by atoms with Crippen LogP contribution in [0, 0.1) is 0 Å². The van der Waals surface area contributed by atoms with Crippen molar-refractivity contribution in [1.82, 2.24) is 14.9 Å². The molecule has 1 amide bonds. The Labute approximate surface area is 178 Å². The number of halogens is 1. The monoisotopic (exact) mass is 435 g/mol. The number of hydrogen-bond donors (Lipinski definition) is 2. The van der Waals surface area contributed by atoms with E-state index in [0.717, 1.165) is 18.4 Å². The topological polar surface area (TPSA) is 78.5 Å². The van der Waals surface area contributed by atoms with Gasteiger partial charge in [0, 0.05) is 37.3 Å². The van der Waals surface area contributed by atoms with E-state index in [4.69, 9.17) is 0 Å². The zero-order chi connectivity index (χ0) is 19.6. The number of sulfonamides is 1. The van der Waals surface area contributed by atoms with Crippen LogP contribution < -0.4 is 10.0 Å². The van der Waals surface area contributed by atoms with Crippen molar-refractivity contribution in [2.24, 2.45) is 0 Å². The van der Waals surface area contributed by atoms with Gasteiger partial charge in [0.25, 0.3) is 5.91 Å². The highest BCUT2D eigenvalue weighted by molar-refractivity contribution is 7.89. The number of nitrogens with one attached hydrogen (secondary N) is 2. The van der Waals surface area contributed by atoms with Gasteiger partial charge in [-0.3, -0.25) is 4.79 Å². The molecule has 0 aromatic heterocycles. The molecule has 2 aliphatic rings. The lowest BCUT2D eigenvalue weighted by molar-refractivity contribution is 0.0748. The molecule has 2 aromatic carbocycles. The van der Waals surface area contributed by atoms with Crippen molar-refractivity contribution in [2.75, 3.05) is 13.1 Å². The first-order valence-corrected chi connectivity index (χ1v) is 11.2. The highest BCUT2D eigenvalue weighted by Crippen LogP contribution is 2.22. The summed E-state index contributed by atoms with van der Waals surface area (Å²) in [5, 5.41) is 3.56. The van der Waals surface area contributed by atoms with Crippen LogP contribution >= 0.6 is 12.4 Å². The molecule has 2 fully saturated rings. The molecule has 6 nitrogen and oxygen atoms in total. The molecule has 0 saturated carbocycles. The normalized spacial score (nSPS) is 21.3. The van der Waals surface area contributed by atoms with Gasteiger partial charge in [0.05, 0.1) is 4.90 Å². The van der Waals surface area contributed by atoms with Gasteiger partial charge in [-0.1, -0.05) is 36.4 Å². The van der Waals surface area contributed by atoms with Gasteiger partial charge < -0.3 is 10.2 Å². The van der Waals surface area contributed by atoms with Crippen LogP contribution in [0.4, 0.5) is 0 Å². The molecular formula is C21H26ClN3O3S. The number of amides is 1. The second-order valence-electron chi connectivity index (χ2n) is 7.52. The average molecular weight is 436 g/mol. The molecule has 0 spiro atoms. The number of benzene rings is 2. The summed E-state index contributed by atoms with van der Waals surface area (Å²) in [6.45, 7) is 1.59. The van der Waals surface area contributed by atoms with Crippen molar-refractivity contribution in [2.45, 2.75) is 42.8 Å². The number of hydrogen-bond acceptors (Lipinski definition) is 4. The third kappa shape index (κ3) is 5.17. The average Bonchev–Trinajstić information content (AvgIpc) is 3.05. The molecule has 2 atom stereocenters. The largest absolute Gasteiger partial charge is 0.337 e. The second kappa shape index (κ2) is 9.26. The summed E-state index contributed by atoms with van der Waals surface area (Å²) in [6.07, 6.45) is 3.21. The summed E-state index contributed by atoms with van der Waals surface area (Å²) in [7, 11) is -3.69. The van der Waals surface area contributed by atoms with Gasteiger partial charge in [-0.2, -0.15) is 0 Å².